The van der Waals surface area contributed by atoms with E-state index in [4.69, 9.17) is 24.2 Å². The van der Waals surface area contributed by atoms with Crippen molar-refractivity contribution in [1.29, 1.82) is 0 Å². The molecule has 1 atom stereocenters. The minimum Gasteiger partial charge on any atom is -0.476 e. The Kier molecular flexibility index (Phi) is 7.58. The number of ether oxygens (including phenoxy) is 3. The van der Waals surface area contributed by atoms with Gasteiger partial charge < -0.3 is 28.2 Å². The molecule has 43 heavy (non-hydrogen) atoms. The molecule has 1 unspecified atom stereocenters. The van der Waals surface area contributed by atoms with Crippen LogP contribution in [0.4, 0.5) is 0 Å². The molecule has 0 saturated carbocycles. The Hall–Kier alpha value is -4.22. The van der Waals surface area contributed by atoms with Crippen molar-refractivity contribution in [2.45, 2.75) is 45.1 Å². The second-order valence-corrected chi connectivity index (χ2v) is 11.5. The Bertz CT molecular complexity index is 1710. The molecule has 7 rings (SSSR count). The number of allylic oxidation sites excluding steroid dienone is 1. The van der Waals surface area contributed by atoms with Crippen LogP contribution in [-0.2, 0) is 41.0 Å². The normalized spacial score (nSPS) is 19.3. The van der Waals surface area contributed by atoms with Gasteiger partial charge in [0.2, 0.25) is 0 Å². The predicted octanol–water partition coefficient (Wildman–Crippen LogP) is 3.87. The van der Waals surface area contributed by atoms with Crippen molar-refractivity contribution in [3.63, 3.8) is 0 Å². The summed E-state index contributed by atoms with van der Waals surface area (Å²) in [5, 5.41) is 0. The molecule has 2 aromatic heterocycles. The van der Waals surface area contributed by atoms with E-state index in [9.17, 15) is 4.79 Å². The van der Waals surface area contributed by atoms with Gasteiger partial charge in [-0.15, -0.1) is 0 Å². The van der Waals surface area contributed by atoms with Gasteiger partial charge in [0, 0.05) is 46.3 Å². The van der Waals surface area contributed by atoms with Gasteiger partial charge in [-0.1, -0.05) is 6.07 Å². The molecular formula is C32H37N7O4. The molecule has 0 spiro atoms. The number of aliphatic imine (C=N–C) groups is 1. The van der Waals surface area contributed by atoms with Crippen LogP contribution in [-0.4, -0.2) is 86.8 Å². The SMILES string of the molecule is COC(=O)c1ccc2nc(CN3CCN(C4=CCCC(OCc5ccc6c(c5)ncn6C)=N4)CC3)n(CC3CCO3)c2c1. The highest BCUT2D eigenvalue weighted by atomic mass is 16.5. The second-order valence-electron chi connectivity index (χ2n) is 11.5. The van der Waals surface area contributed by atoms with Gasteiger partial charge in [0.15, 0.2) is 5.90 Å². The quantitative estimate of drug-likeness (QED) is 0.289. The fourth-order valence-corrected chi connectivity index (χ4v) is 6.01. The first-order chi connectivity index (χ1) is 21.0. The number of imidazole rings is 2. The molecule has 3 aliphatic heterocycles. The van der Waals surface area contributed by atoms with Crippen LogP contribution in [0.3, 0.4) is 0 Å². The maximum absolute atomic E-state index is 12.2. The van der Waals surface area contributed by atoms with E-state index in [-0.39, 0.29) is 12.1 Å². The summed E-state index contributed by atoms with van der Waals surface area (Å²) >= 11 is 0. The monoisotopic (exact) mass is 583 g/mol. The van der Waals surface area contributed by atoms with Gasteiger partial charge in [-0.25, -0.2) is 19.8 Å². The minimum atomic E-state index is -0.341. The van der Waals surface area contributed by atoms with Gasteiger partial charge in [0.1, 0.15) is 18.3 Å². The van der Waals surface area contributed by atoms with Crippen molar-refractivity contribution < 1.29 is 19.0 Å². The zero-order chi connectivity index (χ0) is 29.3. The van der Waals surface area contributed by atoms with Crippen LogP contribution in [0.15, 0.2) is 59.6 Å². The van der Waals surface area contributed by atoms with E-state index in [1.54, 1.807) is 6.07 Å². The van der Waals surface area contributed by atoms with Crippen molar-refractivity contribution >= 4 is 33.9 Å². The maximum atomic E-state index is 12.2. The van der Waals surface area contributed by atoms with Crippen molar-refractivity contribution in [2.75, 3.05) is 39.9 Å². The number of rotatable bonds is 8. The van der Waals surface area contributed by atoms with Crippen LogP contribution in [0, 0.1) is 0 Å². The number of aromatic nitrogens is 4. The Morgan fingerprint density at radius 2 is 1.93 bits per heavy atom. The Morgan fingerprint density at radius 1 is 1.07 bits per heavy atom. The average Bonchev–Trinajstić information content (AvgIpc) is 3.56. The summed E-state index contributed by atoms with van der Waals surface area (Å²) in [6, 6.07) is 11.8. The first-order valence-electron chi connectivity index (χ1n) is 15.0. The van der Waals surface area contributed by atoms with E-state index >= 15 is 0 Å². The largest absolute Gasteiger partial charge is 0.476 e. The van der Waals surface area contributed by atoms with Crippen molar-refractivity contribution in [2.24, 2.45) is 12.0 Å². The Labute approximate surface area is 250 Å². The number of piperazine rings is 1. The van der Waals surface area contributed by atoms with E-state index in [1.165, 1.54) is 7.11 Å². The fraction of sp³-hybridized carbons (Fsp3) is 0.438. The van der Waals surface area contributed by atoms with Crippen LogP contribution in [0.25, 0.3) is 22.1 Å². The molecule has 224 valence electrons. The molecule has 2 aromatic carbocycles. The number of nitrogens with zero attached hydrogens (tertiary/aromatic N) is 7. The lowest BCUT2D eigenvalue weighted by atomic mass is 10.1. The molecule has 0 aliphatic carbocycles. The third kappa shape index (κ3) is 5.74. The van der Waals surface area contributed by atoms with E-state index in [2.05, 4.69) is 43.6 Å². The van der Waals surface area contributed by atoms with Gasteiger partial charge in [0.25, 0.3) is 0 Å². The number of carbonyl (C=O) groups excluding carboxylic acids is 1. The highest BCUT2D eigenvalue weighted by Crippen LogP contribution is 2.25. The average molecular weight is 584 g/mol. The number of esters is 1. The zero-order valence-electron chi connectivity index (χ0n) is 24.7. The summed E-state index contributed by atoms with van der Waals surface area (Å²) in [5.41, 5.74) is 5.54. The summed E-state index contributed by atoms with van der Waals surface area (Å²) in [4.78, 5) is 31.3. The molecule has 0 amide bonds. The van der Waals surface area contributed by atoms with Crippen LogP contribution in [0.5, 0.6) is 0 Å². The third-order valence-electron chi connectivity index (χ3n) is 8.61. The summed E-state index contributed by atoms with van der Waals surface area (Å²) < 4.78 is 21.1. The van der Waals surface area contributed by atoms with Crippen LogP contribution < -0.4 is 0 Å². The molecule has 11 heteroatoms. The lowest BCUT2D eigenvalue weighted by Gasteiger charge is -2.36. The molecule has 2 saturated heterocycles. The van der Waals surface area contributed by atoms with Gasteiger partial charge in [-0.3, -0.25) is 4.90 Å². The minimum absolute atomic E-state index is 0.181. The highest BCUT2D eigenvalue weighted by molar-refractivity contribution is 5.93. The standard InChI is InChI=1S/C32H37N7O4/c1-36-21-33-26-16-22(6-9-27(26)36)20-43-31-5-3-4-29(35-31)38-13-11-37(12-14-38)19-30-34-25-8-7-23(32(40)41-2)17-28(25)39(30)18-24-10-15-42-24/h4,6-9,16-17,21,24H,3,5,10-15,18-20H2,1-2H3. The Balaban J connectivity index is 0.988. The Morgan fingerprint density at radius 3 is 2.72 bits per heavy atom. The van der Waals surface area contributed by atoms with Crippen LogP contribution in [0.1, 0.15) is 41.0 Å². The third-order valence-corrected chi connectivity index (χ3v) is 8.61. The molecule has 0 bridgehead atoms. The number of methoxy groups -OCH3 is 1. The van der Waals surface area contributed by atoms with E-state index in [1.807, 2.05) is 30.1 Å². The molecule has 5 heterocycles. The summed E-state index contributed by atoms with van der Waals surface area (Å²) in [6.07, 6.45) is 7.01. The predicted molar refractivity (Wildman–Crippen MR) is 163 cm³/mol. The second kappa shape index (κ2) is 11.8. The molecule has 3 aliphatic rings. The summed E-state index contributed by atoms with van der Waals surface area (Å²) in [7, 11) is 3.41. The van der Waals surface area contributed by atoms with Crippen LogP contribution in [0.2, 0.25) is 0 Å². The number of aryl methyl sites for hydroxylation is 1. The van der Waals surface area contributed by atoms with Crippen molar-refractivity contribution in [3.05, 3.63) is 71.6 Å². The highest BCUT2D eigenvalue weighted by Gasteiger charge is 2.26. The fourth-order valence-electron chi connectivity index (χ4n) is 6.01. The molecule has 4 aromatic rings. The molecule has 11 nitrogen and oxygen atoms in total. The number of hydrogen-bond donors (Lipinski definition) is 0. The van der Waals surface area contributed by atoms with E-state index in [0.29, 0.717) is 12.2 Å². The van der Waals surface area contributed by atoms with Gasteiger partial charge in [-0.05, 0) is 54.8 Å². The zero-order valence-corrected chi connectivity index (χ0v) is 24.7. The number of hydrogen-bond acceptors (Lipinski definition) is 9. The van der Waals surface area contributed by atoms with Crippen molar-refractivity contribution in [1.82, 2.24) is 28.9 Å². The molecule has 0 radical (unpaired) electrons. The lowest BCUT2D eigenvalue weighted by Crippen LogP contribution is -2.45. The topological polar surface area (TPSA) is 99.2 Å². The molecule has 0 N–H and O–H groups in total. The van der Waals surface area contributed by atoms with Crippen molar-refractivity contribution in [3.8, 4) is 0 Å². The lowest BCUT2D eigenvalue weighted by molar-refractivity contribution is -0.0592. The van der Waals surface area contributed by atoms with Gasteiger partial charge in [-0.2, -0.15) is 0 Å². The van der Waals surface area contributed by atoms with Crippen LogP contribution >= 0.6 is 0 Å². The summed E-state index contributed by atoms with van der Waals surface area (Å²) in [5.74, 6) is 2.45. The molecule has 2 fully saturated rings. The van der Waals surface area contributed by atoms with E-state index < -0.39 is 0 Å². The number of benzene rings is 2. The molecular weight excluding hydrogens is 546 g/mol. The van der Waals surface area contributed by atoms with Gasteiger partial charge >= 0.3 is 5.97 Å². The van der Waals surface area contributed by atoms with E-state index in [0.717, 1.165) is 110 Å². The summed E-state index contributed by atoms with van der Waals surface area (Å²) in [6.45, 7) is 6.34. The first-order valence-corrected chi connectivity index (χ1v) is 15.0. The van der Waals surface area contributed by atoms with Gasteiger partial charge in [0.05, 0.1) is 60.3 Å². The smallest absolute Gasteiger partial charge is 0.337 e. The number of carbonyl (C=O) groups is 1. The number of fused-ring (bicyclic) bond motifs is 2. The maximum Gasteiger partial charge on any atom is 0.337 e. The first kappa shape index (κ1) is 27.6.